The molecule has 1 aromatic rings. The molecule has 0 spiro atoms. The summed E-state index contributed by atoms with van der Waals surface area (Å²) in [7, 11) is 0. The Morgan fingerprint density at radius 2 is 2.00 bits per heavy atom. The van der Waals surface area contributed by atoms with Gasteiger partial charge in [0.25, 0.3) is 0 Å². The van der Waals surface area contributed by atoms with Gasteiger partial charge in [0.15, 0.2) is 0 Å². The van der Waals surface area contributed by atoms with Gasteiger partial charge < -0.3 is 11.1 Å². The second-order valence-corrected chi connectivity index (χ2v) is 3.66. The van der Waals surface area contributed by atoms with Gasteiger partial charge in [-0.1, -0.05) is 37.3 Å². The fourth-order valence-electron chi connectivity index (χ4n) is 1.33. The summed E-state index contributed by atoms with van der Waals surface area (Å²) in [6, 6.07) is 9.45. The molecule has 2 atom stereocenters. The van der Waals surface area contributed by atoms with Crippen LogP contribution in [0.15, 0.2) is 30.3 Å². The molecule has 0 saturated carbocycles. The zero-order valence-corrected chi connectivity index (χ0v) is 9.23. The molecule has 0 heterocycles. The summed E-state index contributed by atoms with van der Waals surface area (Å²) in [5.74, 6) is -0.0890. The molecule has 0 bridgehead atoms. The van der Waals surface area contributed by atoms with Crippen LogP contribution in [0.4, 0.5) is 0 Å². The first-order valence-electron chi connectivity index (χ1n) is 5.26. The van der Waals surface area contributed by atoms with Crippen LogP contribution in [0.2, 0.25) is 0 Å². The third-order valence-electron chi connectivity index (χ3n) is 2.43. The highest BCUT2D eigenvalue weighted by molar-refractivity contribution is 5.81. The van der Waals surface area contributed by atoms with E-state index in [2.05, 4.69) is 5.32 Å². The Kier molecular flexibility index (Phi) is 4.31. The quantitative estimate of drug-likeness (QED) is 0.786. The number of hydrogen-bond donors (Lipinski definition) is 2. The van der Waals surface area contributed by atoms with Crippen LogP contribution in [0.1, 0.15) is 31.9 Å². The topological polar surface area (TPSA) is 55.1 Å². The Bertz CT molecular complexity index is 311. The molecule has 1 rings (SSSR count). The van der Waals surface area contributed by atoms with Crippen LogP contribution < -0.4 is 11.1 Å². The van der Waals surface area contributed by atoms with Gasteiger partial charge in [-0.2, -0.15) is 0 Å². The molecule has 0 saturated heterocycles. The first-order valence-corrected chi connectivity index (χ1v) is 5.26. The van der Waals surface area contributed by atoms with Gasteiger partial charge in [-0.15, -0.1) is 0 Å². The second kappa shape index (κ2) is 5.51. The minimum absolute atomic E-state index is 0.0105. The number of nitrogens with two attached hydrogens (primary N) is 1. The predicted molar refractivity (Wildman–Crippen MR) is 61.3 cm³/mol. The zero-order chi connectivity index (χ0) is 11.3. The third-order valence-corrected chi connectivity index (χ3v) is 2.43. The Balaban J connectivity index is 2.56. The van der Waals surface area contributed by atoms with Crippen LogP contribution in [0.25, 0.3) is 0 Å². The van der Waals surface area contributed by atoms with Gasteiger partial charge in [0.1, 0.15) is 0 Å². The minimum atomic E-state index is -0.406. The first-order chi connectivity index (χ1) is 7.15. The lowest BCUT2D eigenvalue weighted by atomic mass is 10.1. The zero-order valence-electron chi connectivity index (χ0n) is 9.23. The van der Waals surface area contributed by atoms with Crippen LogP contribution in [0.3, 0.4) is 0 Å². The van der Waals surface area contributed by atoms with E-state index in [0.717, 1.165) is 5.56 Å². The lowest BCUT2D eigenvalue weighted by molar-refractivity contribution is -0.123. The Morgan fingerprint density at radius 3 is 2.53 bits per heavy atom. The number of rotatable bonds is 4. The van der Waals surface area contributed by atoms with E-state index in [0.29, 0.717) is 6.42 Å². The lowest BCUT2D eigenvalue weighted by Crippen LogP contribution is -2.41. The normalized spacial score (nSPS) is 14.3. The summed E-state index contributed by atoms with van der Waals surface area (Å²) in [4.78, 5) is 11.5. The molecule has 0 aliphatic rings. The summed E-state index contributed by atoms with van der Waals surface area (Å²) in [6.07, 6.45) is 0.660. The summed E-state index contributed by atoms with van der Waals surface area (Å²) in [5, 5.41) is 2.88. The average Bonchev–Trinajstić information content (AvgIpc) is 2.29. The summed E-state index contributed by atoms with van der Waals surface area (Å²) < 4.78 is 0. The number of hydrogen-bond acceptors (Lipinski definition) is 2. The molecule has 3 nitrogen and oxygen atoms in total. The minimum Gasteiger partial charge on any atom is -0.348 e. The highest BCUT2D eigenvalue weighted by Gasteiger charge is 2.14. The molecule has 0 radical (unpaired) electrons. The number of carbonyl (C=O) groups is 1. The molecule has 3 heteroatoms. The van der Waals surface area contributed by atoms with Gasteiger partial charge in [-0.25, -0.2) is 0 Å². The van der Waals surface area contributed by atoms with Gasteiger partial charge in [-0.3, -0.25) is 4.79 Å². The second-order valence-electron chi connectivity index (χ2n) is 3.66. The van der Waals surface area contributed by atoms with Crippen LogP contribution in [-0.4, -0.2) is 11.9 Å². The molecule has 0 aromatic heterocycles. The molecule has 15 heavy (non-hydrogen) atoms. The van der Waals surface area contributed by atoms with Crippen molar-refractivity contribution in [2.75, 3.05) is 0 Å². The van der Waals surface area contributed by atoms with E-state index in [1.807, 2.05) is 44.2 Å². The predicted octanol–water partition coefficient (Wildman–Crippen LogP) is 1.60. The molecule has 0 aliphatic carbocycles. The Labute approximate surface area is 90.7 Å². The summed E-state index contributed by atoms with van der Waals surface area (Å²) in [6.45, 7) is 3.85. The molecule has 3 N–H and O–H groups in total. The van der Waals surface area contributed by atoms with Gasteiger partial charge in [0, 0.05) is 0 Å². The molecule has 0 aliphatic heterocycles. The standard InChI is InChI=1S/C12H18N2O/c1-3-11(13)12(15)14-9(2)10-7-5-4-6-8-10/h4-9,11H,3,13H2,1-2H3,(H,14,15)/t9?,11-/m0/s1. The van der Waals surface area contributed by atoms with E-state index in [4.69, 9.17) is 5.73 Å². The van der Waals surface area contributed by atoms with Gasteiger partial charge in [0.05, 0.1) is 12.1 Å². The SMILES string of the molecule is CC[C@H](N)C(=O)NC(C)c1ccccc1. The van der Waals surface area contributed by atoms with E-state index in [1.54, 1.807) is 0 Å². The number of carbonyl (C=O) groups excluding carboxylic acids is 1. The van der Waals surface area contributed by atoms with Crippen LogP contribution in [0, 0.1) is 0 Å². The highest BCUT2D eigenvalue weighted by Crippen LogP contribution is 2.11. The van der Waals surface area contributed by atoms with E-state index >= 15 is 0 Å². The van der Waals surface area contributed by atoms with Crippen molar-refractivity contribution < 1.29 is 4.79 Å². The maximum atomic E-state index is 11.5. The highest BCUT2D eigenvalue weighted by atomic mass is 16.2. The molecule has 1 aromatic carbocycles. The first kappa shape index (κ1) is 11.7. The van der Waals surface area contributed by atoms with Crippen molar-refractivity contribution in [3.63, 3.8) is 0 Å². The smallest absolute Gasteiger partial charge is 0.237 e. The fourth-order valence-corrected chi connectivity index (χ4v) is 1.33. The van der Waals surface area contributed by atoms with Crippen molar-refractivity contribution in [1.29, 1.82) is 0 Å². The summed E-state index contributed by atoms with van der Waals surface area (Å²) in [5.41, 5.74) is 6.72. The largest absolute Gasteiger partial charge is 0.348 e. The Hall–Kier alpha value is -1.35. The van der Waals surface area contributed by atoms with E-state index in [9.17, 15) is 4.79 Å². The van der Waals surface area contributed by atoms with Crippen LogP contribution >= 0.6 is 0 Å². The molecule has 0 fully saturated rings. The number of benzene rings is 1. The monoisotopic (exact) mass is 206 g/mol. The molecular formula is C12H18N2O. The maximum Gasteiger partial charge on any atom is 0.237 e. The van der Waals surface area contributed by atoms with Crippen molar-refractivity contribution in [2.45, 2.75) is 32.4 Å². The van der Waals surface area contributed by atoms with Crippen molar-refractivity contribution in [1.82, 2.24) is 5.32 Å². The van der Waals surface area contributed by atoms with Crippen molar-refractivity contribution in [3.8, 4) is 0 Å². The number of amides is 1. The average molecular weight is 206 g/mol. The summed E-state index contributed by atoms with van der Waals surface area (Å²) >= 11 is 0. The van der Waals surface area contributed by atoms with Crippen LogP contribution in [0.5, 0.6) is 0 Å². The third kappa shape index (κ3) is 3.36. The number of nitrogens with one attached hydrogen (secondary N) is 1. The lowest BCUT2D eigenvalue weighted by Gasteiger charge is -2.16. The maximum absolute atomic E-state index is 11.5. The van der Waals surface area contributed by atoms with E-state index in [-0.39, 0.29) is 11.9 Å². The van der Waals surface area contributed by atoms with Crippen molar-refractivity contribution in [2.24, 2.45) is 5.73 Å². The molecule has 1 unspecified atom stereocenters. The molecule has 82 valence electrons. The van der Waals surface area contributed by atoms with Gasteiger partial charge in [0.2, 0.25) is 5.91 Å². The molecular weight excluding hydrogens is 188 g/mol. The molecule has 1 amide bonds. The van der Waals surface area contributed by atoms with E-state index in [1.165, 1.54) is 0 Å². The Morgan fingerprint density at radius 1 is 1.40 bits per heavy atom. The van der Waals surface area contributed by atoms with Crippen LogP contribution in [-0.2, 0) is 4.79 Å². The van der Waals surface area contributed by atoms with Crippen molar-refractivity contribution >= 4 is 5.91 Å². The van der Waals surface area contributed by atoms with E-state index < -0.39 is 6.04 Å². The van der Waals surface area contributed by atoms with Gasteiger partial charge in [-0.05, 0) is 18.9 Å². The van der Waals surface area contributed by atoms with Crippen molar-refractivity contribution in [3.05, 3.63) is 35.9 Å². The van der Waals surface area contributed by atoms with Gasteiger partial charge >= 0.3 is 0 Å². The fraction of sp³-hybridized carbons (Fsp3) is 0.417.